The molecule has 0 saturated carbocycles. The minimum absolute atomic E-state index is 0.181. The van der Waals surface area contributed by atoms with Crippen LogP contribution in [0.15, 0.2) is 48.5 Å². The molecule has 3 heterocycles. The first kappa shape index (κ1) is 21.2. The van der Waals surface area contributed by atoms with Crippen molar-refractivity contribution in [3.05, 3.63) is 81.9 Å². The minimum atomic E-state index is -0.266. The number of halogens is 2. The van der Waals surface area contributed by atoms with E-state index < -0.39 is 0 Å². The maximum atomic E-state index is 13.4. The minimum Gasteiger partial charge on any atom is -0.283 e. The SMILES string of the molecule is O=C(NN1CCCC1)c1nn(-c2ccc(Cl)cc2)c2c1CSCC2=Cc1ccc(F)cc1. The van der Waals surface area contributed by atoms with Crippen LogP contribution in [-0.4, -0.2) is 39.5 Å². The molecule has 1 amide bonds. The van der Waals surface area contributed by atoms with E-state index in [2.05, 4.69) is 5.43 Å². The van der Waals surface area contributed by atoms with Gasteiger partial charge >= 0.3 is 0 Å². The topological polar surface area (TPSA) is 50.2 Å². The highest BCUT2D eigenvalue weighted by Gasteiger charge is 2.29. The summed E-state index contributed by atoms with van der Waals surface area (Å²) in [6, 6.07) is 13.8. The summed E-state index contributed by atoms with van der Waals surface area (Å²) in [4.78, 5) is 13.2. The lowest BCUT2D eigenvalue weighted by atomic mass is 10.0. The van der Waals surface area contributed by atoms with Crippen molar-refractivity contribution >= 4 is 40.9 Å². The monoisotopic (exact) mass is 468 g/mol. The molecule has 0 radical (unpaired) electrons. The Balaban J connectivity index is 1.60. The molecule has 2 aliphatic heterocycles. The second kappa shape index (κ2) is 9.10. The average molecular weight is 469 g/mol. The van der Waals surface area contributed by atoms with Crippen molar-refractivity contribution in [1.82, 2.24) is 20.2 Å². The van der Waals surface area contributed by atoms with Gasteiger partial charge in [-0.15, -0.1) is 0 Å². The van der Waals surface area contributed by atoms with Gasteiger partial charge in [0.2, 0.25) is 0 Å². The number of thioether (sulfide) groups is 1. The van der Waals surface area contributed by atoms with Crippen molar-refractivity contribution in [3.63, 3.8) is 0 Å². The standard InChI is InChI=1S/C24H22ClFN4OS/c25-18-5-9-20(10-6-18)30-23-17(13-16-3-7-19(26)8-4-16)14-32-15-21(23)22(27-30)24(31)28-29-11-1-2-12-29/h3-10,13H,1-2,11-12,14-15H2,(H,28,31). The van der Waals surface area contributed by atoms with E-state index >= 15 is 0 Å². The number of carbonyl (C=O) groups is 1. The molecule has 3 aromatic rings. The summed E-state index contributed by atoms with van der Waals surface area (Å²) in [5, 5.41) is 7.36. The molecular formula is C24H22ClFN4OS. The number of hydrogen-bond donors (Lipinski definition) is 1. The first-order chi connectivity index (χ1) is 15.6. The Bertz CT molecular complexity index is 1170. The van der Waals surface area contributed by atoms with Gasteiger partial charge in [0.15, 0.2) is 5.69 Å². The van der Waals surface area contributed by atoms with E-state index in [4.69, 9.17) is 16.7 Å². The lowest BCUT2D eigenvalue weighted by Crippen LogP contribution is -2.40. The fourth-order valence-corrected chi connectivity index (χ4v) is 5.24. The zero-order valence-electron chi connectivity index (χ0n) is 17.4. The third-order valence-electron chi connectivity index (χ3n) is 5.65. The number of benzene rings is 2. The zero-order chi connectivity index (χ0) is 22.1. The third kappa shape index (κ3) is 4.33. The second-order valence-electron chi connectivity index (χ2n) is 7.91. The quantitative estimate of drug-likeness (QED) is 0.572. The van der Waals surface area contributed by atoms with Crippen LogP contribution < -0.4 is 5.43 Å². The van der Waals surface area contributed by atoms with E-state index in [9.17, 15) is 9.18 Å². The highest BCUT2D eigenvalue weighted by molar-refractivity contribution is 7.99. The molecule has 1 saturated heterocycles. The number of hydrazine groups is 1. The summed E-state index contributed by atoms with van der Waals surface area (Å²) in [6.07, 6.45) is 4.21. The predicted molar refractivity (Wildman–Crippen MR) is 127 cm³/mol. The summed E-state index contributed by atoms with van der Waals surface area (Å²) in [7, 11) is 0. The Labute approximate surface area is 195 Å². The molecule has 0 atom stereocenters. The molecule has 164 valence electrons. The van der Waals surface area contributed by atoms with Gasteiger partial charge in [-0.25, -0.2) is 14.1 Å². The van der Waals surface area contributed by atoms with Gasteiger partial charge < -0.3 is 0 Å². The fraction of sp³-hybridized carbons (Fsp3) is 0.250. The van der Waals surface area contributed by atoms with Gasteiger partial charge in [-0.05, 0) is 66.5 Å². The molecule has 1 aromatic heterocycles. The van der Waals surface area contributed by atoms with Crippen LogP contribution in [0.1, 0.15) is 40.2 Å². The second-order valence-corrected chi connectivity index (χ2v) is 9.34. The van der Waals surface area contributed by atoms with Gasteiger partial charge in [0, 0.05) is 35.2 Å². The molecule has 0 bridgehead atoms. The van der Waals surface area contributed by atoms with Gasteiger partial charge in [-0.1, -0.05) is 23.7 Å². The number of hydrogen-bond acceptors (Lipinski definition) is 4. The Morgan fingerprint density at radius 2 is 1.78 bits per heavy atom. The van der Waals surface area contributed by atoms with Crippen LogP contribution in [0.3, 0.4) is 0 Å². The van der Waals surface area contributed by atoms with Crippen LogP contribution in [0.4, 0.5) is 4.39 Å². The first-order valence-corrected chi connectivity index (χ1v) is 12.1. The highest BCUT2D eigenvalue weighted by Crippen LogP contribution is 2.37. The summed E-state index contributed by atoms with van der Waals surface area (Å²) < 4.78 is 15.2. The van der Waals surface area contributed by atoms with Crippen molar-refractivity contribution in [2.24, 2.45) is 0 Å². The molecule has 32 heavy (non-hydrogen) atoms. The molecule has 8 heteroatoms. The molecule has 5 rings (SSSR count). The van der Waals surface area contributed by atoms with Crippen LogP contribution >= 0.6 is 23.4 Å². The number of amides is 1. The molecule has 2 aliphatic rings. The molecule has 0 aliphatic carbocycles. The van der Waals surface area contributed by atoms with E-state index in [0.717, 1.165) is 59.8 Å². The molecule has 0 spiro atoms. The number of fused-ring (bicyclic) bond motifs is 1. The summed E-state index contributed by atoms with van der Waals surface area (Å²) in [5.41, 5.74) is 8.08. The first-order valence-electron chi connectivity index (χ1n) is 10.6. The number of aromatic nitrogens is 2. The summed E-state index contributed by atoms with van der Waals surface area (Å²) in [6.45, 7) is 1.71. The zero-order valence-corrected chi connectivity index (χ0v) is 18.9. The van der Waals surface area contributed by atoms with Crippen LogP contribution in [-0.2, 0) is 5.75 Å². The predicted octanol–water partition coefficient (Wildman–Crippen LogP) is 5.19. The van der Waals surface area contributed by atoms with Gasteiger partial charge in [0.25, 0.3) is 5.91 Å². The molecule has 1 fully saturated rings. The van der Waals surface area contributed by atoms with Crippen molar-refractivity contribution in [2.45, 2.75) is 18.6 Å². The number of rotatable bonds is 4. The maximum Gasteiger partial charge on any atom is 0.286 e. The van der Waals surface area contributed by atoms with E-state index in [1.54, 1.807) is 23.9 Å². The van der Waals surface area contributed by atoms with Crippen molar-refractivity contribution in [2.75, 3.05) is 18.8 Å². The van der Waals surface area contributed by atoms with E-state index in [1.807, 2.05) is 40.0 Å². The number of nitrogens with one attached hydrogen (secondary N) is 1. The third-order valence-corrected chi connectivity index (χ3v) is 6.91. The van der Waals surface area contributed by atoms with Crippen molar-refractivity contribution < 1.29 is 9.18 Å². The smallest absolute Gasteiger partial charge is 0.283 e. The van der Waals surface area contributed by atoms with Crippen molar-refractivity contribution in [3.8, 4) is 5.69 Å². The average Bonchev–Trinajstić information content (AvgIpc) is 3.44. The lowest BCUT2D eigenvalue weighted by molar-refractivity contribution is 0.0819. The largest absolute Gasteiger partial charge is 0.286 e. The van der Waals surface area contributed by atoms with Gasteiger partial charge in [0.05, 0.1) is 11.4 Å². The summed E-state index contributed by atoms with van der Waals surface area (Å²) >= 11 is 7.84. The lowest BCUT2D eigenvalue weighted by Gasteiger charge is -2.19. The van der Waals surface area contributed by atoms with E-state index in [1.165, 1.54) is 12.1 Å². The van der Waals surface area contributed by atoms with Crippen LogP contribution in [0.5, 0.6) is 0 Å². The van der Waals surface area contributed by atoms with E-state index in [0.29, 0.717) is 16.5 Å². The normalized spacial score (nSPS) is 17.5. The molecule has 5 nitrogen and oxygen atoms in total. The highest BCUT2D eigenvalue weighted by atomic mass is 35.5. The number of carbonyl (C=O) groups excluding carboxylic acids is 1. The van der Waals surface area contributed by atoms with Gasteiger partial charge in [0.1, 0.15) is 5.82 Å². The van der Waals surface area contributed by atoms with Crippen molar-refractivity contribution in [1.29, 1.82) is 0 Å². The molecule has 0 unspecified atom stereocenters. The Kier molecular flexibility index (Phi) is 6.04. The van der Waals surface area contributed by atoms with Gasteiger partial charge in [-0.3, -0.25) is 10.2 Å². The van der Waals surface area contributed by atoms with Gasteiger partial charge in [-0.2, -0.15) is 16.9 Å². The van der Waals surface area contributed by atoms with Crippen LogP contribution in [0, 0.1) is 5.82 Å². The Morgan fingerprint density at radius 1 is 1.06 bits per heavy atom. The van der Waals surface area contributed by atoms with E-state index in [-0.39, 0.29) is 11.7 Å². The fourth-order valence-electron chi connectivity index (χ4n) is 4.10. The summed E-state index contributed by atoms with van der Waals surface area (Å²) in [5.74, 6) is 1.03. The Hall–Kier alpha value is -2.61. The Morgan fingerprint density at radius 3 is 2.50 bits per heavy atom. The molecule has 1 N–H and O–H groups in total. The maximum absolute atomic E-state index is 13.4. The van der Waals surface area contributed by atoms with Crippen LogP contribution in [0.25, 0.3) is 17.3 Å². The molecule has 2 aromatic carbocycles. The molecular weight excluding hydrogens is 447 g/mol. The number of nitrogens with zero attached hydrogens (tertiary/aromatic N) is 3. The van der Waals surface area contributed by atoms with Crippen LogP contribution in [0.2, 0.25) is 5.02 Å².